The zero-order valence-electron chi connectivity index (χ0n) is 13.5. The zero-order valence-corrected chi connectivity index (χ0v) is 15.1. The number of nitrogens with one attached hydrogen (secondary N) is 1. The van der Waals surface area contributed by atoms with Crippen LogP contribution in [0.3, 0.4) is 0 Å². The van der Waals surface area contributed by atoms with Crippen molar-refractivity contribution in [2.24, 2.45) is 5.41 Å². The van der Waals surface area contributed by atoms with Gasteiger partial charge in [-0.15, -0.1) is 23.2 Å². The Bertz CT molecular complexity index is 951. The predicted molar refractivity (Wildman–Crippen MR) is 97.9 cm³/mol. The van der Waals surface area contributed by atoms with Gasteiger partial charge in [0.15, 0.2) is 0 Å². The largest absolute Gasteiger partial charge is 0.351 e. The Balaban J connectivity index is 1.47. The first-order valence-corrected chi connectivity index (χ1v) is 8.70. The van der Waals surface area contributed by atoms with Gasteiger partial charge in [-0.3, -0.25) is 9.36 Å². The molecule has 1 aromatic carbocycles. The number of hydrogen-bond acceptors (Lipinski definition) is 3. The van der Waals surface area contributed by atoms with Gasteiger partial charge in [-0.1, -0.05) is 18.2 Å². The van der Waals surface area contributed by atoms with Crippen molar-refractivity contribution in [1.82, 2.24) is 19.9 Å². The van der Waals surface area contributed by atoms with Crippen molar-refractivity contribution in [1.29, 1.82) is 0 Å². The molecule has 1 saturated carbocycles. The van der Waals surface area contributed by atoms with E-state index in [1.54, 1.807) is 19.4 Å². The number of alkyl halides is 2. The number of nitrogens with zero attached hydrogens (tertiary/aromatic N) is 3. The van der Waals surface area contributed by atoms with Gasteiger partial charge in [-0.25, -0.2) is 9.97 Å². The zero-order chi connectivity index (χ0) is 17.7. The average molecular weight is 375 g/mol. The van der Waals surface area contributed by atoms with E-state index >= 15 is 0 Å². The number of para-hydroxylation sites is 2. The molecule has 25 heavy (non-hydrogen) atoms. The van der Waals surface area contributed by atoms with Gasteiger partial charge in [0, 0.05) is 12.7 Å². The van der Waals surface area contributed by atoms with Crippen molar-refractivity contribution in [3.8, 4) is 5.82 Å². The molecular formula is C18H16Cl2N4O. The molecule has 128 valence electrons. The van der Waals surface area contributed by atoms with Gasteiger partial charge in [0.25, 0.3) is 0 Å². The average Bonchev–Trinajstić information content (AvgIpc) is 2.96. The molecule has 3 aromatic rings. The second kappa shape index (κ2) is 5.71. The van der Waals surface area contributed by atoms with E-state index < -0.39 is 9.75 Å². The first-order chi connectivity index (χ1) is 11.9. The smallest absolute Gasteiger partial charge is 0.229 e. The fourth-order valence-corrected chi connectivity index (χ4v) is 3.54. The normalized spacial score (nSPS) is 21.2. The van der Waals surface area contributed by atoms with Crippen molar-refractivity contribution in [3.63, 3.8) is 0 Å². The van der Waals surface area contributed by atoms with E-state index in [1.165, 1.54) is 0 Å². The Morgan fingerprint density at radius 1 is 1.24 bits per heavy atom. The number of fused-ring (bicyclic) bond motifs is 1. The minimum atomic E-state index is -0.957. The van der Waals surface area contributed by atoms with E-state index in [9.17, 15) is 4.79 Å². The lowest BCUT2D eigenvalue weighted by Gasteiger charge is -2.12. The number of carbonyl (C=O) groups excluding carboxylic acids is 1. The van der Waals surface area contributed by atoms with Crippen LogP contribution in [0.25, 0.3) is 16.9 Å². The van der Waals surface area contributed by atoms with Crippen molar-refractivity contribution in [2.75, 3.05) is 0 Å². The van der Waals surface area contributed by atoms with E-state index in [4.69, 9.17) is 23.2 Å². The van der Waals surface area contributed by atoms with Crippen LogP contribution in [0.15, 0.2) is 48.9 Å². The number of pyridine rings is 1. The van der Waals surface area contributed by atoms with E-state index in [2.05, 4.69) is 15.3 Å². The molecule has 1 fully saturated rings. The minimum Gasteiger partial charge on any atom is -0.351 e. The Hall–Kier alpha value is -2.11. The molecule has 1 amide bonds. The molecule has 7 heteroatoms. The second-order valence-corrected chi connectivity index (χ2v) is 8.01. The molecule has 1 aliphatic rings. The van der Waals surface area contributed by atoms with Gasteiger partial charge in [0.05, 0.1) is 16.4 Å². The van der Waals surface area contributed by atoms with Gasteiger partial charge >= 0.3 is 0 Å². The van der Waals surface area contributed by atoms with Gasteiger partial charge in [0.2, 0.25) is 5.91 Å². The van der Waals surface area contributed by atoms with E-state index in [-0.39, 0.29) is 5.91 Å². The van der Waals surface area contributed by atoms with Crippen molar-refractivity contribution >= 4 is 40.1 Å². The van der Waals surface area contributed by atoms with Gasteiger partial charge < -0.3 is 5.32 Å². The molecule has 1 N–H and O–H groups in total. The predicted octanol–water partition coefficient (Wildman–Crippen LogP) is 3.62. The summed E-state index contributed by atoms with van der Waals surface area (Å²) in [7, 11) is 0. The topological polar surface area (TPSA) is 59.8 Å². The standard InChI is InChI=1S/C18H16Cl2N4O/c1-17(10-18(17,19)20)16(25)22-9-12-6-7-15(21-8-12)24-11-23-13-4-2-3-5-14(13)24/h2-8,11H,9-10H2,1H3,(H,22,25). The van der Waals surface area contributed by atoms with Crippen LogP contribution in [0.4, 0.5) is 0 Å². The highest BCUT2D eigenvalue weighted by molar-refractivity contribution is 6.53. The summed E-state index contributed by atoms with van der Waals surface area (Å²) in [6.07, 6.45) is 3.97. The fourth-order valence-electron chi connectivity index (χ4n) is 2.83. The number of hydrogen-bond donors (Lipinski definition) is 1. The highest BCUT2D eigenvalue weighted by Gasteiger charge is 2.67. The van der Waals surface area contributed by atoms with Gasteiger partial charge in [0.1, 0.15) is 16.5 Å². The van der Waals surface area contributed by atoms with Crippen molar-refractivity contribution < 1.29 is 4.79 Å². The van der Waals surface area contributed by atoms with Crippen LogP contribution in [0.1, 0.15) is 18.9 Å². The Morgan fingerprint density at radius 2 is 2.00 bits per heavy atom. The second-order valence-electron chi connectivity index (χ2n) is 6.52. The molecule has 2 aromatic heterocycles. The van der Waals surface area contributed by atoms with E-state index in [0.29, 0.717) is 13.0 Å². The summed E-state index contributed by atoms with van der Waals surface area (Å²) in [4.78, 5) is 21.0. The summed E-state index contributed by atoms with van der Waals surface area (Å²) in [5.74, 6) is 0.639. The highest BCUT2D eigenvalue weighted by atomic mass is 35.5. The van der Waals surface area contributed by atoms with Gasteiger partial charge in [-0.05, 0) is 37.1 Å². The van der Waals surface area contributed by atoms with Crippen molar-refractivity contribution in [2.45, 2.75) is 24.2 Å². The molecule has 1 aliphatic carbocycles. The first kappa shape index (κ1) is 16.4. The van der Waals surface area contributed by atoms with Crippen LogP contribution in [0, 0.1) is 5.41 Å². The summed E-state index contributed by atoms with van der Waals surface area (Å²) in [6, 6.07) is 11.7. The lowest BCUT2D eigenvalue weighted by atomic mass is 10.1. The monoisotopic (exact) mass is 374 g/mol. The third kappa shape index (κ3) is 2.77. The van der Waals surface area contributed by atoms with Crippen LogP contribution < -0.4 is 5.32 Å². The maximum Gasteiger partial charge on any atom is 0.229 e. The summed E-state index contributed by atoms with van der Waals surface area (Å²) in [6.45, 7) is 2.16. The molecule has 0 aliphatic heterocycles. The number of halogens is 2. The molecule has 5 nitrogen and oxygen atoms in total. The number of carbonyl (C=O) groups is 1. The Labute approximate surface area is 155 Å². The fraction of sp³-hybridized carbons (Fsp3) is 0.278. The summed E-state index contributed by atoms with van der Waals surface area (Å²) < 4.78 is 0.972. The third-order valence-electron chi connectivity index (χ3n) is 4.72. The van der Waals surface area contributed by atoms with Crippen LogP contribution in [-0.2, 0) is 11.3 Å². The molecule has 0 spiro atoms. The van der Waals surface area contributed by atoms with Crippen LogP contribution in [0.2, 0.25) is 0 Å². The van der Waals surface area contributed by atoms with E-state index in [1.807, 2.05) is 41.0 Å². The third-order valence-corrected chi connectivity index (χ3v) is 5.82. The maximum absolute atomic E-state index is 12.2. The number of benzene rings is 1. The van der Waals surface area contributed by atoms with Crippen LogP contribution >= 0.6 is 23.2 Å². The first-order valence-electron chi connectivity index (χ1n) is 7.94. The maximum atomic E-state index is 12.2. The Morgan fingerprint density at radius 3 is 2.68 bits per heavy atom. The molecule has 1 atom stereocenters. The number of aromatic nitrogens is 3. The number of imidazole rings is 1. The van der Waals surface area contributed by atoms with E-state index in [0.717, 1.165) is 22.4 Å². The van der Waals surface area contributed by atoms with Crippen molar-refractivity contribution in [3.05, 3.63) is 54.5 Å². The molecule has 0 saturated heterocycles. The SMILES string of the molecule is CC1(C(=O)NCc2ccc(-n3cnc4ccccc43)nc2)CC1(Cl)Cl. The Kier molecular flexibility index (Phi) is 3.74. The minimum absolute atomic E-state index is 0.137. The van der Waals surface area contributed by atoms with Crippen LogP contribution in [0.5, 0.6) is 0 Å². The highest BCUT2D eigenvalue weighted by Crippen LogP contribution is 2.63. The summed E-state index contributed by atoms with van der Waals surface area (Å²) >= 11 is 12.1. The number of amides is 1. The van der Waals surface area contributed by atoms with Crippen LogP contribution in [-0.4, -0.2) is 24.8 Å². The lowest BCUT2D eigenvalue weighted by Crippen LogP contribution is -2.32. The van der Waals surface area contributed by atoms with Gasteiger partial charge in [-0.2, -0.15) is 0 Å². The summed E-state index contributed by atoms with van der Waals surface area (Å²) in [5, 5.41) is 2.87. The quantitative estimate of drug-likeness (QED) is 0.709. The molecule has 2 heterocycles. The molecule has 0 radical (unpaired) electrons. The molecule has 0 bridgehead atoms. The molecular weight excluding hydrogens is 359 g/mol. The molecule has 4 rings (SSSR count). The summed E-state index contributed by atoms with van der Waals surface area (Å²) in [5.41, 5.74) is 2.11. The molecule has 1 unspecified atom stereocenters. The number of rotatable bonds is 4. The lowest BCUT2D eigenvalue weighted by molar-refractivity contribution is -0.125.